The molecule has 0 spiro atoms. The lowest BCUT2D eigenvalue weighted by Gasteiger charge is -2.18. The van der Waals surface area contributed by atoms with Crippen LogP contribution in [0.25, 0.3) is 0 Å². The van der Waals surface area contributed by atoms with E-state index in [2.05, 4.69) is 24.8 Å². The topological polar surface area (TPSA) is 37.4 Å². The second-order valence-corrected chi connectivity index (χ2v) is 9.27. The Labute approximate surface area is 162 Å². The lowest BCUT2D eigenvalue weighted by molar-refractivity contribution is 0.477. The van der Waals surface area contributed by atoms with Gasteiger partial charge >= 0.3 is 0 Å². The molecule has 0 unspecified atom stereocenters. The molecule has 0 N–H and O–H groups in total. The van der Waals surface area contributed by atoms with Gasteiger partial charge in [0.05, 0.1) is 11.4 Å². The van der Waals surface area contributed by atoms with Crippen molar-refractivity contribution in [1.29, 1.82) is 0 Å². The Bertz CT molecular complexity index is 961. The van der Waals surface area contributed by atoms with Gasteiger partial charge in [-0.3, -0.25) is 0 Å². The minimum absolute atomic E-state index is 0.159. The molecule has 1 aliphatic carbocycles. The summed E-state index contributed by atoms with van der Waals surface area (Å²) in [7, 11) is -3.59. The number of hydrogen-bond acceptors (Lipinski definition) is 2. The van der Waals surface area contributed by atoms with Crippen LogP contribution in [-0.4, -0.2) is 25.8 Å². The van der Waals surface area contributed by atoms with Gasteiger partial charge in [-0.05, 0) is 49.4 Å². The van der Waals surface area contributed by atoms with E-state index in [1.807, 2.05) is 55.5 Å². The standard InChI is InChI=1S/C23H25NO2S/c1-20-11-13-22(14-12-20)27(25,26)24(19-7-15-23(2)16-17-23)18-6-10-21-8-4-3-5-9-21/h3-5,7-9,11-15H,16-19H2,1-2H3/b15-7+. The van der Waals surface area contributed by atoms with E-state index in [1.165, 1.54) is 17.1 Å². The zero-order valence-electron chi connectivity index (χ0n) is 15.9. The molecule has 0 heterocycles. The third kappa shape index (κ3) is 5.32. The van der Waals surface area contributed by atoms with Crippen LogP contribution in [0.3, 0.4) is 0 Å². The molecule has 0 bridgehead atoms. The first-order valence-electron chi connectivity index (χ1n) is 9.18. The van der Waals surface area contributed by atoms with Gasteiger partial charge in [0.15, 0.2) is 0 Å². The van der Waals surface area contributed by atoms with Crippen LogP contribution in [0.1, 0.15) is 30.9 Å². The van der Waals surface area contributed by atoms with Crippen LogP contribution in [0.2, 0.25) is 0 Å². The van der Waals surface area contributed by atoms with Crippen molar-refractivity contribution >= 4 is 10.0 Å². The zero-order chi connectivity index (χ0) is 19.3. The molecular formula is C23H25NO2S. The van der Waals surface area contributed by atoms with E-state index >= 15 is 0 Å². The Morgan fingerprint density at radius 2 is 1.74 bits per heavy atom. The molecule has 0 atom stereocenters. The largest absolute Gasteiger partial charge is 0.244 e. The number of sulfonamides is 1. The number of rotatable bonds is 6. The summed E-state index contributed by atoms with van der Waals surface area (Å²) in [6.07, 6.45) is 6.43. The molecule has 2 aromatic carbocycles. The van der Waals surface area contributed by atoms with E-state index in [1.54, 1.807) is 12.1 Å². The average Bonchev–Trinajstić information content (AvgIpc) is 3.39. The quantitative estimate of drug-likeness (QED) is 0.551. The molecule has 3 rings (SSSR count). The molecule has 1 fully saturated rings. The SMILES string of the molecule is Cc1ccc(S(=O)(=O)N(CC#Cc2ccccc2)C/C=C/C2(C)CC2)cc1. The maximum absolute atomic E-state index is 13.1. The monoisotopic (exact) mass is 379 g/mol. The van der Waals surface area contributed by atoms with E-state index in [0.717, 1.165) is 11.1 Å². The van der Waals surface area contributed by atoms with Gasteiger partial charge in [0.2, 0.25) is 10.0 Å². The van der Waals surface area contributed by atoms with Crippen molar-refractivity contribution < 1.29 is 8.42 Å². The lowest BCUT2D eigenvalue weighted by Crippen LogP contribution is -2.31. The molecule has 4 heteroatoms. The van der Waals surface area contributed by atoms with Crippen molar-refractivity contribution in [3.8, 4) is 11.8 Å². The highest BCUT2D eigenvalue weighted by atomic mass is 32.2. The summed E-state index contributed by atoms with van der Waals surface area (Å²) < 4.78 is 27.6. The third-order valence-corrected chi connectivity index (χ3v) is 6.61. The fourth-order valence-electron chi connectivity index (χ4n) is 2.68. The molecule has 0 aliphatic heterocycles. The second-order valence-electron chi connectivity index (χ2n) is 7.33. The average molecular weight is 380 g/mol. The van der Waals surface area contributed by atoms with Gasteiger partial charge < -0.3 is 0 Å². The maximum atomic E-state index is 13.1. The van der Waals surface area contributed by atoms with Crippen LogP contribution in [0, 0.1) is 24.2 Å². The smallest absolute Gasteiger partial charge is 0.207 e. The van der Waals surface area contributed by atoms with Crippen molar-refractivity contribution in [3.05, 3.63) is 77.9 Å². The number of benzene rings is 2. The van der Waals surface area contributed by atoms with E-state index in [0.29, 0.717) is 11.4 Å². The van der Waals surface area contributed by atoms with Crippen LogP contribution in [0.15, 0.2) is 71.6 Å². The summed E-state index contributed by atoms with van der Waals surface area (Å²) >= 11 is 0. The lowest BCUT2D eigenvalue weighted by atomic mass is 10.1. The predicted molar refractivity (Wildman–Crippen MR) is 110 cm³/mol. The Kier molecular flexibility index (Phi) is 5.84. The first-order valence-corrected chi connectivity index (χ1v) is 10.6. The van der Waals surface area contributed by atoms with Crippen LogP contribution in [0.4, 0.5) is 0 Å². The highest BCUT2D eigenvalue weighted by molar-refractivity contribution is 7.89. The zero-order valence-corrected chi connectivity index (χ0v) is 16.7. The van der Waals surface area contributed by atoms with Crippen molar-refractivity contribution in [2.75, 3.05) is 13.1 Å². The fourth-order valence-corrected chi connectivity index (χ4v) is 3.97. The van der Waals surface area contributed by atoms with Crippen molar-refractivity contribution in [1.82, 2.24) is 4.31 Å². The summed E-state index contributed by atoms with van der Waals surface area (Å²) in [4.78, 5) is 0.306. The van der Waals surface area contributed by atoms with Crippen LogP contribution in [0.5, 0.6) is 0 Å². The Hall–Kier alpha value is -2.35. The maximum Gasteiger partial charge on any atom is 0.244 e. The minimum Gasteiger partial charge on any atom is -0.207 e. The molecule has 27 heavy (non-hydrogen) atoms. The predicted octanol–water partition coefficient (Wildman–Crippen LogP) is 4.39. The van der Waals surface area contributed by atoms with Crippen LogP contribution >= 0.6 is 0 Å². The Morgan fingerprint density at radius 3 is 2.37 bits per heavy atom. The van der Waals surface area contributed by atoms with Gasteiger partial charge in [-0.25, -0.2) is 8.42 Å². The summed E-state index contributed by atoms with van der Waals surface area (Å²) in [5.41, 5.74) is 2.16. The van der Waals surface area contributed by atoms with E-state index < -0.39 is 10.0 Å². The Balaban J connectivity index is 1.81. The van der Waals surface area contributed by atoms with Crippen molar-refractivity contribution in [3.63, 3.8) is 0 Å². The first kappa shape index (κ1) is 19.4. The molecule has 3 nitrogen and oxygen atoms in total. The summed E-state index contributed by atoms with van der Waals surface area (Å²) in [5, 5.41) is 0. The van der Waals surface area contributed by atoms with E-state index in [9.17, 15) is 8.42 Å². The highest BCUT2D eigenvalue weighted by Crippen LogP contribution is 2.46. The molecule has 2 aromatic rings. The van der Waals surface area contributed by atoms with Crippen molar-refractivity contribution in [2.24, 2.45) is 5.41 Å². The van der Waals surface area contributed by atoms with Gasteiger partial charge in [0, 0.05) is 12.1 Å². The number of aryl methyl sites for hydroxylation is 1. The number of nitrogens with zero attached hydrogens (tertiary/aromatic N) is 1. The van der Waals surface area contributed by atoms with Crippen LogP contribution < -0.4 is 0 Å². The van der Waals surface area contributed by atoms with E-state index in [-0.39, 0.29) is 12.0 Å². The van der Waals surface area contributed by atoms with Crippen LogP contribution in [-0.2, 0) is 10.0 Å². The second kappa shape index (κ2) is 8.12. The Morgan fingerprint density at radius 1 is 1.07 bits per heavy atom. The van der Waals surface area contributed by atoms with Gasteiger partial charge in [0.1, 0.15) is 0 Å². The van der Waals surface area contributed by atoms with Gasteiger partial charge in [-0.15, -0.1) is 0 Å². The highest BCUT2D eigenvalue weighted by Gasteiger charge is 2.34. The summed E-state index contributed by atoms with van der Waals surface area (Å²) in [6.45, 7) is 4.62. The van der Waals surface area contributed by atoms with Gasteiger partial charge in [0.25, 0.3) is 0 Å². The molecule has 0 aromatic heterocycles. The van der Waals surface area contributed by atoms with E-state index in [4.69, 9.17) is 0 Å². The minimum atomic E-state index is -3.59. The number of hydrogen-bond donors (Lipinski definition) is 0. The summed E-state index contributed by atoms with van der Waals surface area (Å²) in [5.74, 6) is 6.06. The molecule has 140 valence electrons. The normalized spacial score (nSPS) is 15.5. The van der Waals surface area contributed by atoms with Crippen molar-refractivity contribution in [2.45, 2.75) is 31.6 Å². The molecule has 0 amide bonds. The molecule has 0 saturated heterocycles. The fraction of sp³-hybridized carbons (Fsp3) is 0.304. The summed E-state index contributed by atoms with van der Waals surface area (Å²) in [6, 6.07) is 16.6. The molecule has 1 aliphatic rings. The first-order chi connectivity index (χ1) is 12.9. The molecule has 1 saturated carbocycles. The number of allylic oxidation sites excluding steroid dienone is 1. The third-order valence-electron chi connectivity index (χ3n) is 4.79. The molecule has 0 radical (unpaired) electrons. The molecular weight excluding hydrogens is 354 g/mol. The van der Waals surface area contributed by atoms with Gasteiger partial charge in [-0.2, -0.15) is 4.31 Å². The van der Waals surface area contributed by atoms with Gasteiger partial charge in [-0.1, -0.05) is 66.8 Å².